The van der Waals surface area contributed by atoms with Crippen LogP contribution in [0.1, 0.15) is 12.0 Å². The molecule has 1 atom stereocenters. The highest BCUT2D eigenvalue weighted by molar-refractivity contribution is 7.89. The molecule has 1 aromatic carbocycles. The van der Waals surface area contributed by atoms with E-state index in [2.05, 4.69) is 4.72 Å². The first-order valence-corrected chi connectivity index (χ1v) is 7.51. The molecule has 7 heteroatoms. The molecular weight excluding hydrogens is 271 g/mol. The molecule has 0 spiro atoms. The first-order valence-electron chi connectivity index (χ1n) is 6.03. The van der Waals surface area contributed by atoms with Crippen molar-refractivity contribution in [3.8, 4) is 0 Å². The molecule has 106 valence electrons. The van der Waals surface area contributed by atoms with Gasteiger partial charge in [0, 0.05) is 24.4 Å². The molecule has 1 heterocycles. The van der Waals surface area contributed by atoms with Gasteiger partial charge in [-0.2, -0.15) is 0 Å². The van der Waals surface area contributed by atoms with Crippen molar-refractivity contribution in [1.82, 2.24) is 4.72 Å². The fraction of sp³-hybridized carbons (Fsp3) is 0.500. The zero-order valence-electron chi connectivity index (χ0n) is 10.6. The van der Waals surface area contributed by atoms with Gasteiger partial charge in [0.05, 0.1) is 11.5 Å². The fourth-order valence-electron chi connectivity index (χ4n) is 2.00. The summed E-state index contributed by atoms with van der Waals surface area (Å²) in [6.07, 6.45) is 0.826. The summed E-state index contributed by atoms with van der Waals surface area (Å²) < 4.78 is 45.5. The minimum atomic E-state index is -3.75. The van der Waals surface area contributed by atoms with E-state index >= 15 is 0 Å². The lowest BCUT2D eigenvalue weighted by molar-refractivity contribution is 0.186. The van der Waals surface area contributed by atoms with Gasteiger partial charge in [-0.05, 0) is 31.4 Å². The lowest BCUT2D eigenvalue weighted by Gasteiger charge is -2.13. The summed E-state index contributed by atoms with van der Waals surface area (Å²) in [7, 11) is -3.75. The number of nitrogens with one attached hydrogen (secondary N) is 1. The molecule has 0 aliphatic carbocycles. The second-order valence-electron chi connectivity index (χ2n) is 4.71. The second-order valence-corrected chi connectivity index (χ2v) is 6.44. The zero-order valence-corrected chi connectivity index (χ0v) is 11.5. The van der Waals surface area contributed by atoms with Gasteiger partial charge in [-0.3, -0.25) is 0 Å². The molecule has 3 N–H and O–H groups in total. The van der Waals surface area contributed by atoms with Gasteiger partial charge in [0.1, 0.15) is 5.82 Å². The largest absolute Gasteiger partial charge is 0.399 e. The summed E-state index contributed by atoms with van der Waals surface area (Å²) in [6.45, 7) is 2.91. The summed E-state index contributed by atoms with van der Waals surface area (Å²) >= 11 is 0. The van der Waals surface area contributed by atoms with Crippen molar-refractivity contribution in [2.24, 2.45) is 5.92 Å². The van der Waals surface area contributed by atoms with Crippen LogP contribution in [-0.4, -0.2) is 28.2 Å². The third-order valence-electron chi connectivity index (χ3n) is 3.19. The van der Waals surface area contributed by atoms with Crippen molar-refractivity contribution < 1.29 is 17.5 Å². The first-order chi connectivity index (χ1) is 8.90. The topological polar surface area (TPSA) is 81.4 Å². The minimum Gasteiger partial charge on any atom is -0.399 e. The Hall–Kier alpha value is -1.18. The molecule has 1 saturated heterocycles. The Morgan fingerprint density at radius 2 is 2.26 bits per heavy atom. The molecule has 0 saturated carbocycles. The van der Waals surface area contributed by atoms with E-state index in [9.17, 15) is 12.8 Å². The highest BCUT2D eigenvalue weighted by atomic mass is 32.2. The molecule has 0 bridgehead atoms. The van der Waals surface area contributed by atoms with Gasteiger partial charge in [0.15, 0.2) is 0 Å². The van der Waals surface area contributed by atoms with E-state index in [-0.39, 0.29) is 28.6 Å². The highest BCUT2D eigenvalue weighted by Crippen LogP contribution is 2.22. The quantitative estimate of drug-likeness (QED) is 0.811. The van der Waals surface area contributed by atoms with E-state index in [1.807, 2.05) is 0 Å². The summed E-state index contributed by atoms with van der Waals surface area (Å²) in [4.78, 5) is -0.107. The van der Waals surface area contributed by atoms with Gasteiger partial charge < -0.3 is 10.5 Å². The van der Waals surface area contributed by atoms with Crippen LogP contribution in [-0.2, 0) is 14.8 Å². The third-order valence-corrected chi connectivity index (χ3v) is 4.74. The number of anilines is 1. The third kappa shape index (κ3) is 3.23. The van der Waals surface area contributed by atoms with Crippen LogP contribution in [0.5, 0.6) is 0 Å². The van der Waals surface area contributed by atoms with Crippen LogP contribution in [0.3, 0.4) is 0 Å². The van der Waals surface area contributed by atoms with Crippen LogP contribution in [0, 0.1) is 18.7 Å². The molecular formula is C12H17FN2O3S. The summed E-state index contributed by atoms with van der Waals surface area (Å²) in [5.41, 5.74) is 5.66. The van der Waals surface area contributed by atoms with E-state index in [1.54, 1.807) is 0 Å². The zero-order chi connectivity index (χ0) is 14.0. The number of nitrogens with two attached hydrogens (primary N) is 1. The number of hydrogen-bond acceptors (Lipinski definition) is 4. The van der Waals surface area contributed by atoms with Crippen LogP contribution >= 0.6 is 0 Å². The lowest BCUT2D eigenvalue weighted by atomic mass is 10.1. The summed E-state index contributed by atoms with van der Waals surface area (Å²) in [5, 5.41) is 0. The number of sulfonamides is 1. The van der Waals surface area contributed by atoms with Gasteiger partial charge in [0.25, 0.3) is 0 Å². The molecule has 19 heavy (non-hydrogen) atoms. The highest BCUT2D eigenvalue weighted by Gasteiger charge is 2.23. The molecule has 0 aromatic heterocycles. The van der Waals surface area contributed by atoms with E-state index in [4.69, 9.17) is 10.5 Å². The van der Waals surface area contributed by atoms with E-state index in [0.717, 1.165) is 12.5 Å². The molecule has 0 radical (unpaired) electrons. The number of halogens is 1. The van der Waals surface area contributed by atoms with E-state index in [1.165, 1.54) is 13.0 Å². The van der Waals surface area contributed by atoms with Crippen molar-refractivity contribution >= 4 is 15.7 Å². The molecule has 1 aliphatic heterocycles. The minimum absolute atomic E-state index is 0.0735. The summed E-state index contributed by atoms with van der Waals surface area (Å²) in [6, 6.07) is 2.38. The Morgan fingerprint density at radius 1 is 1.53 bits per heavy atom. The normalized spacial score (nSPS) is 19.8. The smallest absolute Gasteiger partial charge is 0.241 e. The van der Waals surface area contributed by atoms with Gasteiger partial charge >= 0.3 is 0 Å². The van der Waals surface area contributed by atoms with Gasteiger partial charge in [0.2, 0.25) is 10.0 Å². The molecule has 1 unspecified atom stereocenters. The molecule has 1 aromatic rings. The maximum atomic E-state index is 13.5. The standard InChI is InChI=1S/C12H17FN2O3S/c1-8-11(13)4-10(14)5-12(8)19(16,17)15-6-9-2-3-18-7-9/h4-5,9,15H,2-3,6-7,14H2,1H3. The van der Waals surface area contributed by atoms with Gasteiger partial charge in [-0.15, -0.1) is 0 Å². The van der Waals surface area contributed by atoms with Crippen molar-refractivity contribution in [2.45, 2.75) is 18.2 Å². The van der Waals surface area contributed by atoms with Crippen LogP contribution in [0.15, 0.2) is 17.0 Å². The lowest BCUT2D eigenvalue weighted by Crippen LogP contribution is -2.30. The number of ether oxygens (including phenoxy) is 1. The molecule has 1 aliphatic rings. The van der Waals surface area contributed by atoms with Crippen LogP contribution in [0.25, 0.3) is 0 Å². The Kier molecular flexibility index (Phi) is 4.07. The monoisotopic (exact) mass is 288 g/mol. The molecule has 5 nitrogen and oxygen atoms in total. The van der Waals surface area contributed by atoms with Crippen molar-refractivity contribution in [3.05, 3.63) is 23.5 Å². The van der Waals surface area contributed by atoms with Crippen molar-refractivity contribution in [1.29, 1.82) is 0 Å². The number of benzene rings is 1. The van der Waals surface area contributed by atoms with Crippen molar-refractivity contribution in [2.75, 3.05) is 25.5 Å². The number of nitrogen functional groups attached to an aromatic ring is 1. The Morgan fingerprint density at radius 3 is 2.89 bits per heavy atom. The molecule has 1 fully saturated rings. The van der Waals surface area contributed by atoms with Gasteiger partial charge in [-0.1, -0.05) is 0 Å². The van der Waals surface area contributed by atoms with Crippen molar-refractivity contribution in [3.63, 3.8) is 0 Å². The Labute approximate surface area is 112 Å². The second kappa shape index (κ2) is 5.44. The molecule has 0 amide bonds. The van der Waals surface area contributed by atoms with E-state index in [0.29, 0.717) is 13.2 Å². The predicted octanol–water partition coefficient (Wildman–Crippen LogP) is 1.03. The SMILES string of the molecule is Cc1c(F)cc(N)cc1S(=O)(=O)NCC1CCOC1. The number of rotatable bonds is 4. The average Bonchev–Trinajstić information content (AvgIpc) is 2.84. The van der Waals surface area contributed by atoms with Crippen LogP contribution < -0.4 is 10.5 Å². The maximum Gasteiger partial charge on any atom is 0.241 e. The van der Waals surface area contributed by atoms with E-state index < -0.39 is 15.8 Å². The van der Waals surface area contributed by atoms with Gasteiger partial charge in [-0.25, -0.2) is 17.5 Å². The number of hydrogen-bond donors (Lipinski definition) is 2. The first kappa shape index (κ1) is 14.2. The summed E-state index contributed by atoms with van der Waals surface area (Å²) in [5.74, 6) is -0.453. The van der Waals surface area contributed by atoms with Crippen LogP contribution in [0.4, 0.5) is 10.1 Å². The Balaban J connectivity index is 2.19. The van der Waals surface area contributed by atoms with Crippen LogP contribution in [0.2, 0.25) is 0 Å². The predicted molar refractivity (Wildman–Crippen MR) is 69.7 cm³/mol. The molecule has 2 rings (SSSR count). The average molecular weight is 288 g/mol. The fourth-order valence-corrected chi connectivity index (χ4v) is 3.40. The maximum absolute atomic E-state index is 13.5. The Bertz CT molecular complexity index is 569.